The number of hydrogen-bond donors (Lipinski definition) is 2. The van der Waals surface area contributed by atoms with Gasteiger partial charge in [0.25, 0.3) is 5.91 Å². The van der Waals surface area contributed by atoms with Crippen molar-refractivity contribution < 1.29 is 9.90 Å². The van der Waals surface area contributed by atoms with Gasteiger partial charge in [-0.25, -0.2) is 0 Å². The van der Waals surface area contributed by atoms with Gasteiger partial charge in [0.1, 0.15) is 5.76 Å². The maximum absolute atomic E-state index is 11.0. The Morgan fingerprint density at radius 1 is 1.50 bits per heavy atom. The molecule has 0 aliphatic carbocycles. The van der Waals surface area contributed by atoms with Crippen molar-refractivity contribution in [1.82, 2.24) is 0 Å². The Bertz CT molecular complexity index is 288. The summed E-state index contributed by atoms with van der Waals surface area (Å²) in [5.74, 6) is -0.578. The van der Waals surface area contributed by atoms with Crippen LogP contribution in [0.25, 0.3) is 0 Å². The van der Waals surface area contributed by atoms with Gasteiger partial charge < -0.3 is 10.8 Å². The standard InChI is InChI=1S/C11H17NO2/c1-4-5-10(13)9(11(12)14)7-6-8(2)3/h6-7,13H,2,4-5H2,1,3H3,(H2,12,14)/b7-6-,10-9-. The fourth-order valence-corrected chi connectivity index (χ4v) is 0.918. The molecule has 14 heavy (non-hydrogen) atoms. The van der Waals surface area contributed by atoms with Crippen LogP contribution in [0.4, 0.5) is 0 Å². The highest BCUT2D eigenvalue weighted by Crippen LogP contribution is 2.10. The third-order valence-electron chi connectivity index (χ3n) is 1.60. The average Bonchev–Trinajstić information content (AvgIpc) is 2.03. The van der Waals surface area contributed by atoms with Gasteiger partial charge in [0.05, 0.1) is 5.57 Å². The van der Waals surface area contributed by atoms with Crippen molar-refractivity contribution in [3.05, 3.63) is 35.6 Å². The Labute approximate surface area is 84.6 Å². The maximum Gasteiger partial charge on any atom is 0.252 e. The Morgan fingerprint density at radius 2 is 2.07 bits per heavy atom. The van der Waals surface area contributed by atoms with Gasteiger partial charge in [0.15, 0.2) is 0 Å². The number of amides is 1. The molecule has 3 N–H and O–H groups in total. The minimum absolute atomic E-state index is 0.0394. The van der Waals surface area contributed by atoms with Crippen molar-refractivity contribution in [1.29, 1.82) is 0 Å². The summed E-state index contributed by atoms with van der Waals surface area (Å²) in [7, 11) is 0. The number of carbonyl (C=O) groups excluding carboxylic acids is 1. The van der Waals surface area contributed by atoms with Gasteiger partial charge in [-0.2, -0.15) is 0 Å². The van der Waals surface area contributed by atoms with Gasteiger partial charge >= 0.3 is 0 Å². The van der Waals surface area contributed by atoms with Crippen molar-refractivity contribution in [2.45, 2.75) is 26.7 Å². The Kier molecular flexibility index (Phi) is 5.37. The van der Waals surface area contributed by atoms with Crippen LogP contribution in [-0.4, -0.2) is 11.0 Å². The lowest BCUT2D eigenvalue weighted by molar-refractivity contribution is -0.114. The number of aliphatic hydroxyl groups is 1. The molecule has 0 aromatic heterocycles. The fourth-order valence-electron chi connectivity index (χ4n) is 0.918. The molecule has 0 aromatic rings. The van der Waals surface area contributed by atoms with Crippen molar-refractivity contribution >= 4 is 5.91 Å². The van der Waals surface area contributed by atoms with Crippen LogP contribution in [0, 0.1) is 0 Å². The molecule has 0 aliphatic heterocycles. The molecular formula is C11H17NO2. The first-order valence-electron chi connectivity index (χ1n) is 4.54. The van der Waals surface area contributed by atoms with E-state index in [9.17, 15) is 9.90 Å². The molecule has 0 fully saturated rings. The van der Waals surface area contributed by atoms with E-state index < -0.39 is 5.91 Å². The third kappa shape index (κ3) is 4.50. The van der Waals surface area contributed by atoms with E-state index in [1.807, 2.05) is 6.92 Å². The van der Waals surface area contributed by atoms with Crippen LogP contribution in [0.2, 0.25) is 0 Å². The first-order valence-corrected chi connectivity index (χ1v) is 4.54. The number of carbonyl (C=O) groups is 1. The highest BCUT2D eigenvalue weighted by atomic mass is 16.3. The summed E-state index contributed by atoms with van der Waals surface area (Å²) in [5.41, 5.74) is 6.08. The lowest BCUT2D eigenvalue weighted by Crippen LogP contribution is -2.14. The number of nitrogens with two attached hydrogens (primary N) is 1. The highest BCUT2D eigenvalue weighted by Gasteiger charge is 2.07. The lowest BCUT2D eigenvalue weighted by Gasteiger charge is -2.01. The number of hydrogen-bond acceptors (Lipinski definition) is 2. The lowest BCUT2D eigenvalue weighted by atomic mass is 10.1. The Hall–Kier alpha value is -1.51. The minimum atomic E-state index is -0.617. The topological polar surface area (TPSA) is 63.3 Å². The monoisotopic (exact) mass is 195 g/mol. The molecule has 0 rings (SSSR count). The zero-order valence-corrected chi connectivity index (χ0v) is 8.71. The van der Waals surface area contributed by atoms with E-state index in [0.29, 0.717) is 6.42 Å². The van der Waals surface area contributed by atoms with E-state index in [1.54, 1.807) is 13.0 Å². The Morgan fingerprint density at radius 3 is 2.43 bits per heavy atom. The zero-order valence-electron chi connectivity index (χ0n) is 8.71. The molecule has 78 valence electrons. The Balaban J connectivity index is 4.85. The summed E-state index contributed by atoms with van der Waals surface area (Å²) in [6.45, 7) is 7.36. The quantitative estimate of drug-likeness (QED) is 0.401. The molecule has 0 unspecified atom stereocenters. The predicted molar refractivity (Wildman–Crippen MR) is 57.7 cm³/mol. The second kappa shape index (κ2) is 6.02. The van der Waals surface area contributed by atoms with Gasteiger partial charge in [0, 0.05) is 6.42 Å². The van der Waals surface area contributed by atoms with Crippen LogP contribution in [0.5, 0.6) is 0 Å². The van der Waals surface area contributed by atoms with Gasteiger partial charge in [-0.3, -0.25) is 4.79 Å². The van der Waals surface area contributed by atoms with Gasteiger partial charge in [0.2, 0.25) is 0 Å². The van der Waals surface area contributed by atoms with Gasteiger partial charge in [-0.05, 0) is 19.4 Å². The number of rotatable bonds is 5. The van der Waals surface area contributed by atoms with E-state index in [1.165, 1.54) is 6.08 Å². The van der Waals surface area contributed by atoms with Crippen molar-refractivity contribution in [2.75, 3.05) is 0 Å². The molecule has 0 aromatic carbocycles. The number of primary amides is 1. The van der Waals surface area contributed by atoms with Crippen molar-refractivity contribution in [3.63, 3.8) is 0 Å². The number of allylic oxidation sites excluding steroid dienone is 3. The van der Waals surface area contributed by atoms with E-state index >= 15 is 0 Å². The predicted octanol–water partition coefficient (Wildman–Crippen LogP) is 2.22. The van der Waals surface area contributed by atoms with Crippen molar-refractivity contribution in [2.24, 2.45) is 5.73 Å². The highest BCUT2D eigenvalue weighted by molar-refractivity contribution is 5.95. The fraction of sp³-hybridized carbons (Fsp3) is 0.364. The zero-order chi connectivity index (χ0) is 11.1. The SMILES string of the molecule is C=C(C)/C=C\C(C(N)=O)=C(\O)CCC. The van der Waals surface area contributed by atoms with E-state index in [2.05, 4.69) is 6.58 Å². The summed E-state index contributed by atoms with van der Waals surface area (Å²) in [5, 5.41) is 9.49. The van der Waals surface area contributed by atoms with Crippen LogP contribution in [-0.2, 0) is 4.79 Å². The second-order valence-corrected chi connectivity index (χ2v) is 3.15. The molecule has 3 nitrogen and oxygen atoms in total. The van der Waals surface area contributed by atoms with Gasteiger partial charge in [-0.1, -0.05) is 25.2 Å². The van der Waals surface area contributed by atoms with Crippen LogP contribution in [0.3, 0.4) is 0 Å². The van der Waals surface area contributed by atoms with Crippen LogP contribution >= 0.6 is 0 Å². The van der Waals surface area contributed by atoms with Crippen LogP contribution in [0.1, 0.15) is 26.7 Å². The van der Waals surface area contributed by atoms with Crippen molar-refractivity contribution in [3.8, 4) is 0 Å². The average molecular weight is 195 g/mol. The normalized spacial score (nSPS) is 12.7. The van der Waals surface area contributed by atoms with Crippen LogP contribution in [0.15, 0.2) is 35.6 Å². The summed E-state index contributed by atoms with van der Waals surface area (Å²) >= 11 is 0. The second-order valence-electron chi connectivity index (χ2n) is 3.15. The van der Waals surface area contributed by atoms with Gasteiger partial charge in [-0.15, -0.1) is 0 Å². The molecule has 0 saturated carbocycles. The minimum Gasteiger partial charge on any atom is -0.511 e. The summed E-state index contributed by atoms with van der Waals surface area (Å²) in [6, 6.07) is 0. The summed E-state index contributed by atoms with van der Waals surface area (Å²) < 4.78 is 0. The molecule has 0 aliphatic rings. The van der Waals surface area contributed by atoms with Crippen LogP contribution < -0.4 is 5.73 Å². The van der Waals surface area contributed by atoms with E-state index in [-0.39, 0.29) is 11.3 Å². The molecule has 1 amide bonds. The molecule has 0 saturated heterocycles. The van der Waals surface area contributed by atoms with E-state index in [4.69, 9.17) is 5.73 Å². The molecule has 0 atom stereocenters. The first kappa shape index (κ1) is 12.5. The molecule has 0 bridgehead atoms. The molecule has 0 radical (unpaired) electrons. The first-order chi connectivity index (χ1) is 6.49. The summed E-state index contributed by atoms with van der Waals surface area (Å²) in [6.07, 6.45) is 4.37. The van der Waals surface area contributed by atoms with E-state index in [0.717, 1.165) is 12.0 Å². The molecule has 0 spiro atoms. The molecule has 3 heteroatoms. The summed E-state index contributed by atoms with van der Waals surface area (Å²) in [4.78, 5) is 11.0. The smallest absolute Gasteiger partial charge is 0.252 e. The molecule has 0 heterocycles. The number of aliphatic hydroxyl groups excluding tert-OH is 1. The molecular weight excluding hydrogens is 178 g/mol. The third-order valence-corrected chi connectivity index (χ3v) is 1.60. The maximum atomic E-state index is 11.0. The largest absolute Gasteiger partial charge is 0.511 e.